The molecule has 1 aromatic rings. The van der Waals surface area contributed by atoms with Gasteiger partial charge < -0.3 is 16.5 Å². The van der Waals surface area contributed by atoms with Gasteiger partial charge in [0, 0.05) is 31.7 Å². The molecular weight excluding hydrogens is 208 g/mol. The first-order valence-electron chi connectivity index (χ1n) is 5.14. The summed E-state index contributed by atoms with van der Waals surface area (Å²) in [6, 6.07) is -0.609. The molecule has 0 fully saturated rings. The zero-order valence-electron chi connectivity index (χ0n) is 8.98. The fourth-order valence-corrected chi connectivity index (χ4v) is 1.32. The number of ketones is 1. The monoisotopic (exact) mass is 224 g/mol. The number of aromatic nitrogens is 2. The van der Waals surface area contributed by atoms with Gasteiger partial charge in [0.2, 0.25) is 5.91 Å². The number of H-pyrrole nitrogens is 1. The zero-order valence-corrected chi connectivity index (χ0v) is 8.98. The van der Waals surface area contributed by atoms with E-state index in [1.54, 1.807) is 12.4 Å². The number of amides is 1. The lowest BCUT2D eigenvalue weighted by Crippen LogP contribution is -2.32. The van der Waals surface area contributed by atoms with Crippen LogP contribution in [0.15, 0.2) is 12.4 Å². The number of rotatable bonds is 7. The Balaban J connectivity index is 2.26. The normalized spacial score (nSPS) is 12.3. The second-order valence-electron chi connectivity index (χ2n) is 3.61. The van der Waals surface area contributed by atoms with Gasteiger partial charge in [0.15, 0.2) is 0 Å². The van der Waals surface area contributed by atoms with Gasteiger partial charge in [0.25, 0.3) is 0 Å². The van der Waals surface area contributed by atoms with E-state index >= 15 is 0 Å². The number of carbonyl (C=O) groups is 2. The molecule has 0 aliphatic heterocycles. The number of nitrogens with zero attached hydrogens (tertiary/aromatic N) is 1. The summed E-state index contributed by atoms with van der Waals surface area (Å²) in [5, 5.41) is 0. The van der Waals surface area contributed by atoms with Crippen molar-refractivity contribution in [3.63, 3.8) is 0 Å². The van der Waals surface area contributed by atoms with Crippen LogP contribution in [-0.4, -0.2) is 27.7 Å². The third kappa shape index (κ3) is 4.22. The van der Waals surface area contributed by atoms with E-state index in [-0.39, 0.29) is 12.2 Å². The van der Waals surface area contributed by atoms with E-state index in [2.05, 4.69) is 9.97 Å². The van der Waals surface area contributed by atoms with Crippen LogP contribution in [0, 0.1) is 0 Å². The Morgan fingerprint density at radius 3 is 2.75 bits per heavy atom. The van der Waals surface area contributed by atoms with Crippen molar-refractivity contribution in [2.75, 3.05) is 0 Å². The minimum atomic E-state index is -0.609. The van der Waals surface area contributed by atoms with Crippen LogP contribution in [0.1, 0.15) is 25.1 Å². The molecule has 16 heavy (non-hydrogen) atoms. The third-order valence-electron chi connectivity index (χ3n) is 2.28. The van der Waals surface area contributed by atoms with Crippen LogP contribution in [0.2, 0.25) is 0 Å². The Bertz CT molecular complexity index is 348. The lowest BCUT2D eigenvalue weighted by molar-refractivity contribution is -0.121. The van der Waals surface area contributed by atoms with Crippen LogP contribution in [-0.2, 0) is 16.0 Å². The first kappa shape index (κ1) is 12.4. The molecule has 0 unspecified atom stereocenters. The molecule has 0 aromatic carbocycles. The maximum atomic E-state index is 11.5. The van der Waals surface area contributed by atoms with Gasteiger partial charge in [0.1, 0.15) is 11.6 Å². The largest absolute Gasteiger partial charge is 0.370 e. The van der Waals surface area contributed by atoms with Crippen LogP contribution in [0.5, 0.6) is 0 Å². The molecule has 5 N–H and O–H groups in total. The summed E-state index contributed by atoms with van der Waals surface area (Å²) in [4.78, 5) is 28.9. The van der Waals surface area contributed by atoms with Gasteiger partial charge in [-0.1, -0.05) is 0 Å². The Morgan fingerprint density at radius 1 is 1.44 bits per heavy atom. The van der Waals surface area contributed by atoms with E-state index in [0.29, 0.717) is 19.3 Å². The topological polar surface area (TPSA) is 115 Å². The van der Waals surface area contributed by atoms with Crippen molar-refractivity contribution in [1.82, 2.24) is 9.97 Å². The molecule has 0 radical (unpaired) electrons. The lowest BCUT2D eigenvalue weighted by Gasteiger charge is -2.08. The second-order valence-corrected chi connectivity index (χ2v) is 3.61. The molecular formula is C10H16N4O2. The molecule has 88 valence electrons. The molecule has 6 nitrogen and oxygen atoms in total. The maximum absolute atomic E-state index is 11.5. The Hall–Kier alpha value is -1.69. The minimum absolute atomic E-state index is 0.0716. The lowest BCUT2D eigenvalue weighted by atomic mass is 10.0. The van der Waals surface area contributed by atoms with Gasteiger partial charge in [-0.2, -0.15) is 0 Å². The fraction of sp³-hybridized carbons (Fsp3) is 0.500. The highest BCUT2D eigenvalue weighted by atomic mass is 16.1. The minimum Gasteiger partial charge on any atom is -0.370 e. The van der Waals surface area contributed by atoms with Crippen LogP contribution in [0.4, 0.5) is 0 Å². The highest BCUT2D eigenvalue weighted by Crippen LogP contribution is 2.02. The highest BCUT2D eigenvalue weighted by Gasteiger charge is 2.14. The first-order chi connectivity index (χ1) is 7.59. The molecule has 0 saturated carbocycles. The predicted octanol–water partition coefficient (Wildman–Crippen LogP) is -0.496. The summed E-state index contributed by atoms with van der Waals surface area (Å²) in [6.45, 7) is 0. The molecule has 0 bridgehead atoms. The molecule has 0 aliphatic carbocycles. The fourth-order valence-electron chi connectivity index (χ4n) is 1.32. The van der Waals surface area contributed by atoms with Crippen molar-refractivity contribution in [2.24, 2.45) is 11.5 Å². The summed E-state index contributed by atoms with van der Waals surface area (Å²) in [6.07, 6.45) is 4.66. The summed E-state index contributed by atoms with van der Waals surface area (Å²) < 4.78 is 0. The van der Waals surface area contributed by atoms with Gasteiger partial charge in [-0.3, -0.25) is 9.59 Å². The third-order valence-corrected chi connectivity index (χ3v) is 2.28. The quantitative estimate of drug-likeness (QED) is 0.579. The van der Waals surface area contributed by atoms with Gasteiger partial charge in [-0.15, -0.1) is 0 Å². The molecule has 1 rings (SSSR count). The van der Waals surface area contributed by atoms with Gasteiger partial charge in [0.05, 0.1) is 6.04 Å². The predicted molar refractivity (Wildman–Crippen MR) is 58.3 cm³/mol. The van der Waals surface area contributed by atoms with Crippen LogP contribution >= 0.6 is 0 Å². The number of hydrogen-bond donors (Lipinski definition) is 3. The number of aryl methyl sites for hydroxylation is 1. The Kier molecular flexibility index (Phi) is 4.65. The summed E-state index contributed by atoms with van der Waals surface area (Å²) in [5.41, 5.74) is 10.6. The van der Waals surface area contributed by atoms with Crippen molar-refractivity contribution in [3.05, 3.63) is 18.2 Å². The van der Waals surface area contributed by atoms with Crippen LogP contribution < -0.4 is 11.5 Å². The number of aromatic amines is 1. The van der Waals surface area contributed by atoms with Crippen molar-refractivity contribution in [1.29, 1.82) is 0 Å². The van der Waals surface area contributed by atoms with E-state index in [9.17, 15) is 9.59 Å². The van der Waals surface area contributed by atoms with Gasteiger partial charge in [-0.05, 0) is 6.42 Å². The first-order valence-corrected chi connectivity index (χ1v) is 5.14. The van der Waals surface area contributed by atoms with Crippen molar-refractivity contribution in [3.8, 4) is 0 Å². The standard InChI is InChI=1S/C10H16N4O2/c11-7(1-3-9(12)16)8(15)2-4-10-13-5-6-14-10/h5-7H,1-4,11H2,(H2,12,16)(H,13,14)/t7-/m0/s1. The molecule has 0 aliphatic rings. The molecule has 1 heterocycles. The van der Waals surface area contributed by atoms with E-state index in [1.165, 1.54) is 0 Å². The molecule has 6 heteroatoms. The highest BCUT2D eigenvalue weighted by molar-refractivity contribution is 5.84. The summed E-state index contributed by atoms with van der Waals surface area (Å²) in [5.74, 6) is 0.252. The van der Waals surface area contributed by atoms with Crippen LogP contribution in [0.3, 0.4) is 0 Å². The number of nitrogens with two attached hydrogens (primary N) is 2. The molecule has 1 aromatic heterocycles. The molecule has 0 spiro atoms. The van der Waals surface area contributed by atoms with E-state index in [0.717, 1.165) is 5.82 Å². The van der Waals surface area contributed by atoms with Gasteiger partial charge in [-0.25, -0.2) is 4.98 Å². The van der Waals surface area contributed by atoms with Crippen LogP contribution in [0.25, 0.3) is 0 Å². The Morgan fingerprint density at radius 2 is 2.19 bits per heavy atom. The number of carbonyl (C=O) groups excluding carboxylic acids is 2. The summed E-state index contributed by atoms with van der Waals surface area (Å²) >= 11 is 0. The molecule has 1 amide bonds. The average Bonchev–Trinajstić information content (AvgIpc) is 2.75. The van der Waals surface area contributed by atoms with E-state index in [4.69, 9.17) is 11.5 Å². The Labute approximate surface area is 93.4 Å². The van der Waals surface area contributed by atoms with E-state index in [1.807, 2.05) is 0 Å². The number of imidazole rings is 1. The zero-order chi connectivity index (χ0) is 12.0. The SMILES string of the molecule is NC(=O)CC[C@H](N)C(=O)CCc1ncc[nH]1. The van der Waals surface area contributed by atoms with E-state index < -0.39 is 11.9 Å². The summed E-state index contributed by atoms with van der Waals surface area (Å²) in [7, 11) is 0. The number of Topliss-reactive ketones (excluding diaryl/α,β-unsaturated/α-hetero) is 1. The van der Waals surface area contributed by atoms with Crippen molar-refractivity contribution in [2.45, 2.75) is 31.7 Å². The smallest absolute Gasteiger partial charge is 0.217 e. The maximum Gasteiger partial charge on any atom is 0.217 e. The molecule has 1 atom stereocenters. The van der Waals surface area contributed by atoms with Crippen molar-refractivity contribution < 1.29 is 9.59 Å². The second kappa shape index (κ2) is 6.02. The number of primary amides is 1. The van der Waals surface area contributed by atoms with Gasteiger partial charge >= 0.3 is 0 Å². The number of nitrogens with one attached hydrogen (secondary N) is 1. The van der Waals surface area contributed by atoms with Crippen molar-refractivity contribution >= 4 is 11.7 Å². The average molecular weight is 224 g/mol. The molecule has 0 saturated heterocycles. The number of hydrogen-bond acceptors (Lipinski definition) is 4.